The topological polar surface area (TPSA) is 45.4 Å². The van der Waals surface area contributed by atoms with Gasteiger partial charge in [-0.1, -0.05) is 13.8 Å². The molecule has 1 fully saturated rings. The van der Waals surface area contributed by atoms with Crippen LogP contribution in [0, 0.1) is 5.41 Å². The minimum Gasteiger partial charge on any atom is -0.393 e. The van der Waals surface area contributed by atoms with Gasteiger partial charge in [-0.15, -0.1) is 0 Å². The first-order chi connectivity index (χ1) is 8.96. The Morgan fingerprint density at radius 3 is 2.53 bits per heavy atom. The highest BCUT2D eigenvalue weighted by Gasteiger charge is 2.34. The molecular weight excluding hydrogens is 238 g/mol. The molecule has 0 aromatic carbocycles. The van der Waals surface area contributed by atoms with E-state index in [0.29, 0.717) is 6.04 Å². The Morgan fingerprint density at radius 2 is 1.84 bits per heavy atom. The van der Waals surface area contributed by atoms with Gasteiger partial charge in [0.2, 0.25) is 0 Å². The van der Waals surface area contributed by atoms with E-state index in [2.05, 4.69) is 30.7 Å². The van der Waals surface area contributed by atoms with Gasteiger partial charge >= 0.3 is 0 Å². The summed E-state index contributed by atoms with van der Waals surface area (Å²) in [6, 6.07) is 2.61. The fourth-order valence-corrected chi connectivity index (χ4v) is 3.83. The summed E-state index contributed by atoms with van der Waals surface area (Å²) in [5.41, 5.74) is 2.63. The molecule has 0 aliphatic heterocycles. The summed E-state index contributed by atoms with van der Waals surface area (Å²) in [5.74, 6) is 0. The number of aliphatic hydroxyl groups is 2. The Morgan fingerprint density at radius 1 is 1.16 bits per heavy atom. The van der Waals surface area contributed by atoms with E-state index in [4.69, 9.17) is 0 Å². The van der Waals surface area contributed by atoms with E-state index in [9.17, 15) is 10.2 Å². The molecule has 3 nitrogen and oxygen atoms in total. The molecular formula is C16H25NO2. The molecule has 1 unspecified atom stereocenters. The van der Waals surface area contributed by atoms with E-state index in [1.807, 2.05) is 0 Å². The molecule has 0 spiro atoms. The summed E-state index contributed by atoms with van der Waals surface area (Å²) in [4.78, 5) is 0. The van der Waals surface area contributed by atoms with Crippen LogP contribution >= 0.6 is 0 Å². The van der Waals surface area contributed by atoms with E-state index in [1.165, 1.54) is 5.69 Å². The van der Waals surface area contributed by atoms with E-state index in [-0.39, 0.29) is 17.6 Å². The van der Waals surface area contributed by atoms with E-state index in [0.717, 1.165) is 44.1 Å². The Kier molecular flexibility index (Phi) is 3.22. The zero-order valence-corrected chi connectivity index (χ0v) is 12.0. The third kappa shape index (κ3) is 2.46. The number of hydrogen-bond donors (Lipinski definition) is 2. The number of aromatic nitrogens is 1. The molecule has 2 aliphatic carbocycles. The molecule has 1 aromatic heterocycles. The van der Waals surface area contributed by atoms with Crippen molar-refractivity contribution in [2.75, 3.05) is 0 Å². The minimum atomic E-state index is -0.311. The SMILES string of the molecule is CC1(C)Cc2c(ccn2C2CCC(O)CC2)C(O)C1. The molecule has 3 heteroatoms. The van der Waals surface area contributed by atoms with Gasteiger partial charge in [0.25, 0.3) is 0 Å². The normalized spacial score (nSPS) is 34.0. The van der Waals surface area contributed by atoms with Gasteiger partial charge in [0, 0.05) is 23.5 Å². The molecule has 2 N–H and O–H groups in total. The molecule has 1 heterocycles. The molecule has 3 rings (SSSR count). The van der Waals surface area contributed by atoms with Crippen molar-refractivity contribution in [1.82, 2.24) is 4.57 Å². The Bertz CT molecular complexity index is 455. The summed E-state index contributed by atoms with van der Waals surface area (Å²) in [7, 11) is 0. The predicted octanol–water partition coefficient (Wildman–Crippen LogP) is 2.97. The first-order valence-corrected chi connectivity index (χ1v) is 7.52. The summed E-state index contributed by atoms with van der Waals surface area (Å²) in [6.07, 6.45) is 7.56. The molecule has 0 amide bonds. The summed E-state index contributed by atoms with van der Waals surface area (Å²) in [6.45, 7) is 4.47. The lowest BCUT2D eigenvalue weighted by molar-refractivity contribution is 0.0922. The zero-order valence-electron chi connectivity index (χ0n) is 12.0. The fraction of sp³-hybridized carbons (Fsp3) is 0.750. The van der Waals surface area contributed by atoms with Gasteiger partial charge < -0.3 is 14.8 Å². The average molecular weight is 263 g/mol. The predicted molar refractivity (Wildman–Crippen MR) is 75.0 cm³/mol. The first-order valence-electron chi connectivity index (χ1n) is 7.52. The quantitative estimate of drug-likeness (QED) is 0.818. The smallest absolute Gasteiger partial charge is 0.0812 e. The lowest BCUT2D eigenvalue weighted by atomic mass is 9.75. The zero-order chi connectivity index (χ0) is 13.6. The van der Waals surface area contributed by atoms with Gasteiger partial charge in [0.05, 0.1) is 12.2 Å². The summed E-state index contributed by atoms with van der Waals surface area (Å²) < 4.78 is 2.38. The van der Waals surface area contributed by atoms with E-state index < -0.39 is 0 Å². The van der Waals surface area contributed by atoms with Crippen molar-refractivity contribution in [1.29, 1.82) is 0 Å². The second-order valence-electron chi connectivity index (χ2n) is 7.15. The van der Waals surface area contributed by atoms with Crippen molar-refractivity contribution in [2.24, 2.45) is 5.41 Å². The Hall–Kier alpha value is -0.800. The van der Waals surface area contributed by atoms with Crippen LogP contribution in [0.15, 0.2) is 12.3 Å². The highest BCUT2D eigenvalue weighted by atomic mass is 16.3. The molecule has 0 saturated heterocycles. The van der Waals surface area contributed by atoms with E-state index >= 15 is 0 Å². The van der Waals surface area contributed by atoms with Crippen LogP contribution in [0.2, 0.25) is 0 Å². The lowest BCUT2D eigenvalue weighted by Crippen LogP contribution is -2.29. The van der Waals surface area contributed by atoms with Gasteiger partial charge in [-0.2, -0.15) is 0 Å². The fourth-order valence-electron chi connectivity index (χ4n) is 3.83. The maximum atomic E-state index is 10.3. The highest BCUT2D eigenvalue weighted by molar-refractivity contribution is 5.29. The maximum Gasteiger partial charge on any atom is 0.0812 e. The van der Waals surface area contributed by atoms with Crippen LogP contribution in [0.1, 0.15) is 69.4 Å². The largest absolute Gasteiger partial charge is 0.393 e. The van der Waals surface area contributed by atoms with Crippen LogP contribution in [0.5, 0.6) is 0 Å². The second kappa shape index (κ2) is 4.64. The molecule has 2 aliphatic rings. The van der Waals surface area contributed by atoms with Gasteiger partial charge in [-0.25, -0.2) is 0 Å². The van der Waals surface area contributed by atoms with Gasteiger partial charge in [0.1, 0.15) is 0 Å². The molecule has 0 bridgehead atoms. The van der Waals surface area contributed by atoms with Crippen LogP contribution in [0.25, 0.3) is 0 Å². The molecule has 106 valence electrons. The monoisotopic (exact) mass is 263 g/mol. The number of fused-ring (bicyclic) bond motifs is 1. The average Bonchev–Trinajstić information content (AvgIpc) is 2.72. The van der Waals surface area contributed by atoms with Gasteiger partial charge in [-0.05, 0) is 50.0 Å². The van der Waals surface area contributed by atoms with E-state index in [1.54, 1.807) is 0 Å². The number of aliphatic hydroxyl groups excluding tert-OH is 2. The van der Waals surface area contributed by atoms with Crippen molar-refractivity contribution in [3.8, 4) is 0 Å². The third-order valence-electron chi connectivity index (χ3n) is 4.87. The number of nitrogens with zero attached hydrogens (tertiary/aromatic N) is 1. The lowest BCUT2D eigenvalue weighted by Gasteiger charge is -2.36. The van der Waals surface area contributed by atoms with Crippen LogP contribution < -0.4 is 0 Å². The summed E-state index contributed by atoms with van der Waals surface area (Å²) in [5, 5.41) is 19.9. The molecule has 1 saturated carbocycles. The molecule has 0 radical (unpaired) electrons. The third-order valence-corrected chi connectivity index (χ3v) is 4.87. The standard InChI is InChI=1S/C16H25NO2/c1-16(2)9-14-13(15(19)10-16)7-8-17(14)11-3-5-12(18)6-4-11/h7-8,11-12,15,18-19H,3-6,9-10H2,1-2H3. The number of hydrogen-bond acceptors (Lipinski definition) is 2. The molecule has 1 aromatic rings. The Labute approximate surface area is 115 Å². The van der Waals surface area contributed by atoms with Crippen molar-refractivity contribution < 1.29 is 10.2 Å². The first kappa shape index (κ1) is 13.2. The minimum absolute atomic E-state index is 0.107. The van der Waals surface area contributed by atoms with Crippen LogP contribution in [0.4, 0.5) is 0 Å². The van der Waals surface area contributed by atoms with Gasteiger partial charge in [-0.3, -0.25) is 0 Å². The second-order valence-corrected chi connectivity index (χ2v) is 7.15. The maximum absolute atomic E-state index is 10.3. The van der Waals surface area contributed by atoms with Crippen LogP contribution in [0.3, 0.4) is 0 Å². The summed E-state index contributed by atoms with van der Waals surface area (Å²) >= 11 is 0. The van der Waals surface area contributed by atoms with Crippen molar-refractivity contribution in [2.45, 2.75) is 70.6 Å². The number of rotatable bonds is 1. The van der Waals surface area contributed by atoms with Crippen LogP contribution in [-0.2, 0) is 6.42 Å². The van der Waals surface area contributed by atoms with Crippen molar-refractivity contribution in [3.63, 3.8) is 0 Å². The molecule has 19 heavy (non-hydrogen) atoms. The van der Waals surface area contributed by atoms with Crippen molar-refractivity contribution in [3.05, 3.63) is 23.5 Å². The van der Waals surface area contributed by atoms with Crippen LogP contribution in [-0.4, -0.2) is 20.9 Å². The van der Waals surface area contributed by atoms with Gasteiger partial charge in [0.15, 0.2) is 0 Å². The molecule has 1 atom stereocenters. The van der Waals surface area contributed by atoms with Crippen molar-refractivity contribution >= 4 is 0 Å². The highest BCUT2D eigenvalue weighted by Crippen LogP contribution is 2.43. The Balaban J connectivity index is 1.88.